The smallest absolute Gasteiger partial charge is 0.372 e. The van der Waals surface area contributed by atoms with Crippen molar-refractivity contribution in [1.82, 2.24) is 14.4 Å². The number of hydrogen-bond acceptors (Lipinski definition) is 4. The molecule has 5 rings (SSSR count). The molecule has 41 heavy (non-hydrogen) atoms. The van der Waals surface area contributed by atoms with Crippen LogP contribution in [-0.4, -0.2) is 71.6 Å². The highest BCUT2D eigenvalue weighted by molar-refractivity contribution is 5.87. The molecular formula is C31H34F4N5O+. The first-order valence-electron chi connectivity index (χ1n) is 13.6. The summed E-state index contributed by atoms with van der Waals surface area (Å²) in [6.07, 6.45) is -1.90. The van der Waals surface area contributed by atoms with Crippen LogP contribution in [0.2, 0.25) is 0 Å². The van der Waals surface area contributed by atoms with Gasteiger partial charge in [-0.05, 0) is 55.9 Å². The van der Waals surface area contributed by atoms with E-state index < -0.39 is 17.6 Å². The van der Waals surface area contributed by atoms with Crippen molar-refractivity contribution in [2.45, 2.75) is 24.7 Å². The van der Waals surface area contributed by atoms with Gasteiger partial charge in [0.1, 0.15) is 17.2 Å². The van der Waals surface area contributed by atoms with Crippen molar-refractivity contribution >= 4 is 28.5 Å². The topological polar surface area (TPSA) is 72.1 Å². The number of benzene rings is 3. The van der Waals surface area contributed by atoms with E-state index in [-0.39, 0.29) is 16.7 Å². The zero-order valence-corrected chi connectivity index (χ0v) is 22.8. The summed E-state index contributed by atoms with van der Waals surface area (Å²) in [5.41, 5.74) is -1.99. The van der Waals surface area contributed by atoms with Gasteiger partial charge in [0, 0.05) is 79.8 Å². The van der Waals surface area contributed by atoms with Gasteiger partial charge in [0.25, 0.3) is 0 Å². The number of para-hydroxylation sites is 1. The fraction of sp³-hybridized carbons (Fsp3) is 0.323. The number of fused-ring (bicyclic) bond motifs is 1. The minimum atomic E-state index is -5.04. The highest BCUT2D eigenvalue weighted by atomic mass is 19.4. The molecule has 1 saturated heterocycles. The van der Waals surface area contributed by atoms with Crippen molar-refractivity contribution in [3.8, 4) is 0 Å². The molecule has 10 heteroatoms. The summed E-state index contributed by atoms with van der Waals surface area (Å²) in [7, 11) is 2.09. The zero-order chi connectivity index (χ0) is 29.2. The molecule has 0 aliphatic carbocycles. The molecule has 6 nitrogen and oxygen atoms in total. The second-order valence-electron chi connectivity index (χ2n) is 10.6. The molecule has 0 spiro atoms. The molecule has 1 aliphatic rings. The van der Waals surface area contributed by atoms with Gasteiger partial charge < -0.3 is 24.9 Å². The summed E-state index contributed by atoms with van der Waals surface area (Å²) in [5.74, 6) is -0.404. The van der Waals surface area contributed by atoms with E-state index in [1.165, 1.54) is 36.5 Å². The molecule has 1 atom stereocenters. The lowest BCUT2D eigenvalue weighted by Crippen LogP contribution is -2.71. The number of aromatic nitrogens is 1. The van der Waals surface area contributed by atoms with Crippen LogP contribution in [0.3, 0.4) is 0 Å². The van der Waals surface area contributed by atoms with E-state index in [9.17, 15) is 22.7 Å². The molecule has 216 valence electrons. The number of rotatable bonds is 9. The lowest BCUT2D eigenvalue weighted by Gasteiger charge is -2.32. The van der Waals surface area contributed by atoms with E-state index in [1.807, 2.05) is 0 Å². The van der Waals surface area contributed by atoms with Crippen LogP contribution in [0.1, 0.15) is 23.1 Å². The molecule has 0 amide bonds. The third kappa shape index (κ3) is 5.92. The third-order valence-electron chi connectivity index (χ3n) is 7.91. The molecule has 1 fully saturated rings. The Labute approximate surface area is 236 Å². The van der Waals surface area contributed by atoms with Gasteiger partial charge in [0.15, 0.2) is 0 Å². The van der Waals surface area contributed by atoms with E-state index in [2.05, 4.69) is 16.8 Å². The second kappa shape index (κ2) is 11.7. The van der Waals surface area contributed by atoms with Crippen LogP contribution in [0, 0.1) is 11.2 Å². The summed E-state index contributed by atoms with van der Waals surface area (Å²) in [4.78, 5) is 4.64. The minimum absolute atomic E-state index is 0.199. The van der Waals surface area contributed by atoms with Crippen molar-refractivity contribution < 1.29 is 28.0 Å². The van der Waals surface area contributed by atoms with Gasteiger partial charge in [-0.15, -0.1) is 0 Å². The number of aliphatic hydroxyl groups is 1. The predicted octanol–water partition coefficient (Wildman–Crippen LogP) is 4.74. The van der Waals surface area contributed by atoms with Crippen molar-refractivity contribution in [3.63, 3.8) is 0 Å². The van der Waals surface area contributed by atoms with Crippen LogP contribution in [0.15, 0.2) is 72.9 Å². The number of nitrogens with zero attached hydrogens (tertiary/aromatic N) is 3. The van der Waals surface area contributed by atoms with E-state index in [4.69, 9.17) is 5.41 Å². The number of hydrogen-bond donors (Lipinski definition) is 3. The SMILES string of the molecule is CN1CCN(CCCn2cc(C(O)(c3ccc([NH2+]c4ccc(F)cc4)c(C=N)c3)C(F)(F)F)c3ccccc32)CC1. The van der Waals surface area contributed by atoms with Gasteiger partial charge in [-0.2, -0.15) is 13.2 Å². The predicted molar refractivity (Wildman–Crippen MR) is 152 cm³/mol. The lowest BCUT2D eigenvalue weighted by molar-refractivity contribution is -0.478. The molecule has 3 aromatic carbocycles. The van der Waals surface area contributed by atoms with Crippen LogP contribution in [0.25, 0.3) is 10.9 Å². The zero-order valence-electron chi connectivity index (χ0n) is 22.8. The number of nitrogens with one attached hydrogen (secondary N) is 1. The van der Waals surface area contributed by atoms with E-state index in [0.717, 1.165) is 45.4 Å². The Morgan fingerprint density at radius 3 is 2.34 bits per heavy atom. The molecule has 1 aromatic heterocycles. The molecule has 2 heterocycles. The summed E-state index contributed by atoms with van der Waals surface area (Å²) >= 11 is 0. The fourth-order valence-electron chi connectivity index (χ4n) is 5.52. The number of halogens is 4. The molecule has 1 aliphatic heterocycles. The quantitative estimate of drug-likeness (QED) is 0.155. The summed E-state index contributed by atoms with van der Waals surface area (Å²) in [6.45, 7) is 5.27. The fourth-order valence-corrected chi connectivity index (χ4v) is 5.52. The third-order valence-corrected chi connectivity index (χ3v) is 7.91. The van der Waals surface area contributed by atoms with Crippen molar-refractivity contribution in [3.05, 3.63) is 95.4 Å². The van der Waals surface area contributed by atoms with Crippen molar-refractivity contribution in [1.29, 1.82) is 5.41 Å². The molecule has 4 N–H and O–H groups in total. The van der Waals surface area contributed by atoms with Gasteiger partial charge in [-0.1, -0.05) is 18.2 Å². The van der Waals surface area contributed by atoms with Crippen LogP contribution in [0.4, 0.5) is 28.9 Å². The first-order valence-corrected chi connectivity index (χ1v) is 13.6. The first-order chi connectivity index (χ1) is 19.6. The number of quaternary nitrogens is 1. The Bertz CT molecular complexity index is 1510. The summed E-state index contributed by atoms with van der Waals surface area (Å²) in [6, 6.07) is 16.4. The second-order valence-corrected chi connectivity index (χ2v) is 10.6. The highest BCUT2D eigenvalue weighted by Gasteiger charge is 2.57. The van der Waals surface area contributed by atoms with Gasteiger partial charge in [-0.3, -0.25) is 5.32 Å². The van der Waals surface area contributed by atoms with E-state index in [1.54, 1.807) is 46.3 Å². The van der Waals surface area contributed by atoms with Gasteiger partial charge in [0.05, 0.1) is 5.56 Å². The standard InChI is InChI=1S/C31H33F4N5O/c1-38-15-17-39(18-16-38)13-4-14-40-21-27(26-5-2-3-6-29(26)40)30(41,31(33,34)35)23-7-12-28(22(19-23)20-36)37-25-10-8-24(32)9-11-25/h2-3,5-12,19-21,36-37,41H,4,13-18H2,1H3/p+1. The van der Waals surface area contributed by atoms with Gasteiger partial charge in [-0.25, -0.2) is 4.39 Å². The molecular weight excluding hydrogens is 534 g/mol. The summed E-state index contributed by atoms with van der Waals surface area (Å²) < 4.78 is 59.8. The monoisotopic (exact) mass is 568 g/mol. The van der Waals surface area contributed by atoms with Crippen LogP contribution < -0.4 is 5.32 Å². The Morgan fingerprint density at radius 2 is 1.66 bits per heavy atom. The Balaban J connectivity index is 1.49. The number of likely N-dealkylation sites (N-methyl/N-ethyl adjacent to an activating group) is 1. The number of piperazine rings is 1. The Kier molecular flexibility index (Phi) is 8.28. The van der Waals surface area contributed by atoms with E-state index >= 15 is 0 Å². The van der Waals surface area contributed by atoms with E-state index in [0.29, 0.717) is 28.8 Å². The average molecular weight is 569 g/mol. The summed E-state index contributed by atoms with van der Waals surface area (Å²) in [5, 5.41) is 21.5. The average Bonchev–Trinajstić information content (AvgIpc) is 3.33. The highest BCUT2D eigenvalue weighted by Crippen LogP contribution is 2.47. The van der Waals surface area contributed by atoms with Gasteiger partial charge >= 0.3 is 6.18 Å². The van der Waals surface area contributed by atoms with Crippen LogP contribution >= 0.6 is 0 Å². The van der Waals surface area contributed by atoms with Crippen LogP contribution in [-0.2, 0) is 12.1 Å². The number of nitrogens with two attached hydrogens (primary N) is 1. The maximum Gasteiger partial charge on any atom is 0.425 e. The number of alkyl halides is 3. The largest absolute Gasteiger partial charge is 0.425 e. The lowest BCUT2D eigenvalue weighted by atomic mass is 9.84. The van der Waals surface area contributed by atoms with Crippen molar-refractivity contribution in [2.75, 3.05) is 39.8 Å². The maximum atomic E-state index is 14.9. The normalized spacial score (nSPS) is 16.6. The van der Waals surface area contributed by atoms with Crippen LogP contribution in [0.5, 0.6) is 0 Å². The molecule has 1 unspecified atom stereocenters. The molecule has 0 bridgehead atoms. The molecule has 0 radical (unpaired) electrons. The Morgan fingerprint density at radius 1 is 0.951 bits per heavy atom. The molecule has 0 saturated carbocycles. The Hall–Kier alpha value is -3.57. The first kappa shape index (κ1) is 28.9. The number of aryl methyl sites for hydroxylation is 1. The minimum Gasteiger partial charge on any atom is -0.372 e. The molecule has 4 aromatic rings. The van der Waals surface area contributed by atoms with Gasteiger partial charge in [0.2, 0.25) is 5.60 Å². The maximum absolute atomic E-state index is 14.9. The van der Waals surface area contributed by atoms with Crippen molar-refractivity contribution in [2.24, 2.45) is 0 Å².